The molecule has 0 spiro atoms. The number of nitrogens with zero attached hydrogens (tertiary/aromatic N) is 2. The third kappa shape index (κ3) is 5.61. The van der Waals surface area contributed by atoms with Crippen molar-refractivity contribution in [1.29, 1.82) is 0 Å². The molecule has 0 saturated heterocycles. The standard InChI is InChI=1S/C19H22N4O6S/c1-12-7-13(2)19(14(3)8-12)30(27,28)21-11-18(24)22-20-10-15-5-6-17(29-4)16(9-15)23(25)26/h5-10,21H,11H2,1-4H3,(H,22,24)/b20-10-. The topological polar surface area (TPSA) is 140 Å². The lowest BCUT2D eigenvalue weighted by Crippen LogP contribution is -2.35. The fraction of sp³-hybridized carbons (Fsp3) is 0.263. The maximum atomic E-state index is 12.5. The van der Waals surface area contributed by atoms with Crippen molar-refractivity contribution in [2.24, 2.45) is 5.10 Å². The van der Waals surface area contributed by atoms with E-state index in [0.717, 1.165) is 5.56 Å². The van der Waals surface area contributed by atoms with E-state index in [1.807, 2.05) is 6.92 Å². The minimum Gasteiger partial charge on any atom is -0.490 e. The second-order valence-electron chi connectivity index (χ2n) is 6.53. The van der Waals surface area contributed by atoms with Crippen LogP contribution in [0, 0.1) is 30.9 Å². The second kappa shape index (κ2) is 9.46. The van der Waals surface area contributed by atoms with Gasteiger partial charge in [-0.25, -0.2) is 18.6 Å². The minimum atomic E-state index is -3.89. The first-order valence-electron chi connectivity index (χ1n) is 8.77. The number of hydrogen-bond donors (Lipinski definition) is 2. The fourth-order valence-electron chi connectivity index (χ4n) is 2.97. The number of rotatable bonds is 8. The van der Waals surface area contributed by atoms with E-state index in [1.165, 1.54) is 31.5 Å². The summed E-state index contributed by atoms with van der Waals surface area (Å²) in [5.74, 6) is -0.600. The van der Waals surface area contributed by atoms with Crippen LogP contribution in [0.15, 0.2) is 40.3 Å². The summed E-state index contributed by atoms with van der Waals surface area (Å²) in [6.45, 7) is 4.72. The Labute approximate surface area is 174 Å². The summed E-state index contributed by atoms with van der Waals surface area (Å²) in [6, 6.07) is 7.66. The molecular formula is C19H22N4O6S. The summed E-state index contributed by atoms with van der Waals surface area (Å²) in [5, 5.41) is 14.7. The van der Waals surface area contributed by atoms with Crippen molar-refractivity contribution in [3.8, 4) is 5.75 Å². The van der Waals surface area contributed by atoms with Crippen LogP contribution in [0.25, 0.3) is 0 Å². The van der Waals surface area contributed by atoms with E-state index in [2.05, 4.69) is 15.2 Å². The highest BCUT2D eigenvalue weighted by molar-refractivity contribution is 7.89. The summed E-state index contributed by atoms with van der Waals surface area (Å²) in [4.78, 5) is 22.5. The number of benzene rings is 2. The lowest BCUT2D eigenvalue weighted by Gasteiger charge is -2.12. The zero-order valence-electron chi connectivity index (χ0n) is 16.9. The Morgan fingerprint density at radius 2 is 1.83 bits per heavy atom. The lowest BCUT2D eigenvalue weighted by molar-refractivity contribution is -0.385. The van der Waals surface area contributed by atoms with Crippen LogP contribution in [-0.2, 0) is 14.8 Å². The van der Waals surface area contributed by atoms with Crippen LogP contribution in [0.3, 0.4) is 0 Å². The van der Waals surface area contributed by atoms with E-state index >= 15 is 0 Å². The number of aryl methyl sites for hydroxylation is 3. The number of amides is 1. The van der Waals surface area contributed by atoms with Crippen molar-refractivity contribution < 1.29 is 22.9 Å². The number of methoxy groups -OCH3 is 1. The van der Waals surface area contributed by atoms with Gasteiger partial charge in [0.2, 0.25) is 10.0 Å². The zero-order valence-corrected chi connectivity index (χ0v) is 17.7. The van der Waals surface area contributed by atoms with E-state index in [0.29, 0.717) is 16.7 Å². The molecule has 0 bridgehead atoms. The number of nitro benzene ring substituents is 1. The van der Waals surface area contributed by atoms with Crippen molar-refractivity contribution >= 4 is 27.8 Å². The van der Waals surface area contributed by atoms with Gasteiger partial charge < -0.3 is 4.74 Å². The third-order valence-electron chi connectivity index (χ3n) is 4.10. The molecular weight excluding hydrogens is 412 g/mol. The normalized spacial score (nSPS) is 11.5. The van der Waals surface area contributed by atoms with Gasteiger partial charge in [-0.05, 0) is 44.0 Å². The highest BCUT2D eigenvalue weighted by atomic mass is 32.2. The highest BCUT2D eigenvalue weighted by Crippen LogP contribution is 2.26. The molecule has 2 rings (SSSR count). The van der Waals surface area contributed by atoms with E-state index in [-0.39, 0.29) is 16.3 Å². The smallest absolute Gasteiger partial charge is 0.311 e. The van der Waals surface area contributed by atoms with Crippen LogP contribution < -0.4 is 14.9 Å². The number of nitro groups is 1. The summed E-state index contributed by atoms with van der Waals surface area (Å²) >= 11 is 0. The molecule has 2 aromatic carbocycles. The van der Waals surface area contributed by atoms with Crippen LogP contribution in [0.2, 0.25) is 0 Å². The molecule has 11 heteroatoms. The number of hydrogen-bond acceptors (Lipinski definition) is 7. The van der Waals surface area contributed by atoms with Crippen LogP contribution in [0.5, 0.6) is 5.75 Å². The Morgan fingerprint density at radius 1 is 1.20 bits per heavy atom. The number of ether oxygens (including phenoxy) is 1. The Balaban J connectivity index is 2.02. The number of sulfonamides is 1. The third-order valence-corrected chi connectivity index (χ3v) is 5.80. The molecule has 160 valence electrons. The van der Waals surface area contributed by atoms with Crippen molar-refractivity contribution in [1.82, 2.24) is 10.1 Å². The lowest BCUT2D eigenvalue weighted by atomic mass is 10.1. The highest BCUT2D eigenvalue weighted by Gasteiger charge is 2.20. The average Bonchev–Trinajstić information content (AvgIpc) is 2.65. The van der Waals surface area contributed by atoms with E-state index in [1.54, 1.807) is 26.0 Å². The van der Waals surface area contributed by atoms with Gasteiger partial charge in [-0.3, -0.25) is 14.9 Å². The average molecular weight is 434 g/mol. The molecule has 2 aromatic rings. The first kappa shape index (κ1) is 23.0. The fourth-order valence-corrected chi connectivity index (χ4v) is 4.40. The van der Waals surface area contributed by atoms with Gasteiger partial charge in [0.25, 0.3) is 5.91 Å². The Hall–Kier alpha value is -3.31. The monoisotopic (exact) mass is 434 g/mol. The van der Waals surface area contributed by atoms with Gasteiger partial charge in [0.15, 0.2) is 5.75 Å². The number of hydrazone groups is 1. The predicted molar refractivity (Wildman–Crippen MR) is 111 cm³/mol. The number of nitrogens with one attached hydrogen (secondary N) is 2. The van der Waals surface area contributed by atoms with Crippen molar-refractivity contribution in [2.75, 3.05) is 13.7 Å². The quantitative estimate of drug-likeness (QED) is 0.370. The number of carbonyl (C=O) groups excluding carboxylic acids is 1. The van der Waals surface area contributed by atoms with Crippen LogP contribution >= 0.6 is 0 Å². The van der Waals surface area contributed by atoms with Crippen molar-refractivity contribution in [3.63, 3.8) is 0 Å². The Kier molecular flexibility index (Phi) is 7.24. The molecule has 0 fully saturated rings. The van der Waals surface area contributed by atoms with Gasteiger partial charge in [-0.1, -0.05) is 17.7 Å². The van der Waals surface area contributed by atoms with Crippen molar-refractivity contribution in [3.05, 3.63) is 62.7 Å². The van der Waals surface area contributed by atoms with Gasteiger partial charge >= 0.3 is 5.69 Å². The maximum absolute atomic E-state index is 12.5. The molecule has 0 radical (unpaired) electrons. The first-order chi connectivity index (χ1) is 14.0. The molecule has 0 heterocycles. The summed E-state index contributed by atoms with van der Waals surface area (Å²) in [5.41, 5.74) is 4.39. The summed E-state index contributed by atoms with van der Waals surface area (Å²) < 4.78 is 32.2. The molecule has 0 unspecified atom stereocenters. The summed E-state index contributed by atoms with van der Waals surface area (Å²) in [7, 11) is -2.57. The first-order valence-corrected chi connectivity index (χ1v) is 10.3. The van der Waals surface area contributed by atoms with Gasteiger partial charge in [-0.15, -0.1) is 0 Å². The van der Waals surface area contributed by atoms with Gasteiger partial charge in [-0.2, -0.15) is 5.10 Å². The van der Waals surface area contributed by atoms with Crippen LogP contribution in [0.1, 0.15) is 22.3 Å². The molecule has 0 aliphatic heterocycles. The maximum Gasteiger partial charge on any atom is 0.311 e. The van der Waals surface area contributed by atoms with Crippen molar-refractivity contribution in [2.45, 2.75) is 25.7 Å². The van der Waals surface area contributed by atoms with Gasteiger partial charge in [0.05, 0.1) is 29.7 Å². The molecule has 0 aromatic heterocycles. The molecule has 0 aliphatic rings. The molecule has 10 nitrogen and oxygen atoms in total. The number of carbonyl (C=O) groups is 1. The van der Waals surface area contributed by atoms with Crippen LogP contribution in [0.4, 0.5) is 5.69 Å². The van der Waals surface area contributed by atoms with Gasteiger partial charge in [0.1, 0.15) is 0 Å². The predicted octanol–water partition coefficient (Wildman–Crippen LogP) is 1.96. The zero-order chi connectivity index (χ0) is 22.5. The van der Waals surface area contributed by atoms with Crippen LogP contribution in [-0.4, -0.2) is 39.1 Å². The molecule has 30 heavy (non-hydrogen) atoms. The molecule has 0 saturated carbocycles. The summed E-state index contributed by atoms with van der Waals surface area (Å²) in [6.07, 6.45) is 1.20. The molecule has 1 amide bonds. The SMILES string of the molecule is COc1ccc(/C=N\NC(=O)CNS(=O)(=O)c2c(C)cc(C)cc2C)cc1[N+](=O)[O-]. The Morgan fingerprint density at radius 3 is 2.40 bits per heavy atom. The molecule has 0 aliphatic carbocycles. The second-order valence-corrected chi connectivity index (χ2v) is 8.24. The Bertz CT molecular complexity index is 1090. The van der Waals surface area contributed by atoms with E-state index in [9.17, 15) is 23.3 Å². The minimum absolute atomic E-state index is 0.0947. The van der Waals surface area contributed by atoms with Gasteiger partial charge in [0, 0.05) is 11.6 Å². The molecule has 0 atom stereocenters. The van der Waals surface area contributed by atoms with E-state index in [4.69, 9.17) is 4.74 Å². The largest absolute Gasteiger partial charge is 0.490 e. The molecule has 2 N–H and O–H groups in total. The van der Waals surface area contributed by atoms with E-state index < -0.39 is 27.4 Å².